The number of rotatable bonds is 2. The molecule has 0 saturated heterocycles. The lowest BCUT2D eigenvalue weighted by atomic mass is 10.0. The zero-order chi connectivity index (χ0) is 13.7. The van der Waals surface area contributed by atoms with Crippen molar-refractivity contribution in [1.82, 2.24) is 0 Å². The van der Waals surface area contributed by atoms with Gasteiger partial charge in [0.1, 0.15) is 0 Å². The van der Waals surface area contributed by atoms with Gasteiger partial charge in [0.15, 0.2) is 0 Å². The molecule has 100 valence electrons. The van der Waals surface area contributed by atoms with Crippen LogP contribution in [0.5, 0.6) is 0 Å². The van der Waals surface area contributed by atoms with Crippen LogP contribution in [0.3, 0.4) is 0 Å². The molecule has 1 aromatic rings. The SMILES string of the molecule is CC1(C)[C@@H](CN)[C@@H]1c1ccc(Cl)c(C(F)(F)F)c1. The van der Waals surface area contributed by atoms with Crippen molar-refractivity contribution >= 4 is 11.6 Å². The first kappa shape index (κ1) is 13.7. The topological polar surface area (TPSA) is 26.0 Å². The predicted octanol–water partition coefficient (Wildman–Crippen LogP) is 4.06. The average Bonchev–Trinajstić information content (AvgIpc) is 2.79. The fraction of sp³-hybridized carbons (Fsp3) is 0.538. The van der Waals surface area contributed by atoms with E-state index in [1.807, 2.05) is 13.8 Å². The molecule has 2 N–H and O–H groups in total. The molecule has 0 radical (unpaired) electrons. The molecular weight excluding hydrogens is 263 g/mol. The minimum atomic E-state index is -4.41. The van der Waals surface area contributed by atoms with E-state index in [-0.39, 0.29) is 22.3 Å². The van der Waals surface area contributed by atoms with Crippen LogP contribution in [0.1, 0.15) is 30.9 Å². The summed E-state index contributed by atoms with van der Waals surface area (Å²) >= 11 is 5.60. The lowest BCUT2D eigenvalue weighted by Crippen LogP contribution is -2.07. The van der Waals surface area contributed by atoms with E-state index < -0.39 is 11.7 Å². The number of hydrogen-bond donors (Lipinski definition) is 1. The molecule has 18 heavy (non-hydrogen) atoms. The van der Waals surface area contributed by atoms with E-state index in [9.17, 15) is 13.2 Å². The summed E-state index contributed by atoms with van der Waals surface area (Å²) in [6, 6.07) is 4.14. The fourth-order valence-corrected chi connectivity index (χ4v) is 3.02. The number of benzene rings is 1. The van der Waals surface area contributed by atoms with Crippen LogP contribution in [-0.4, -0.2) is 6.54 Å². The molecule has 2 atom stereocenters. The van der Waals surface area contributed by atoms with Crippen LogP contribution >= 0.6 is 11.6 Å². The molecule has 1 nitrogen and oxygen atoms in total. The van der Waals surface area contributed by atoms with Crippen LogP contribution in [0, 0.1) is 11.3 Å². The number of hydrogen-bond acceptors (Lipinski definition) is 1. The number of nitrogens with two attached hydrogens (primary N) is 1. The molecule has 1 aliphatic carbocycles. The standard InChI is InChI=1S/C13H15ClF3N/c1-12(2)9(6-18)11(12)7-3-4-10(14)8(5-7)13(15,16)17/h3-5,9,11H,6,18H2,1-2H3/t9-,11-/m0/s1. The van der Waals surface area contributed by atoms with Gasteiger partial charge in [-0.15, -0.1) is 0 Å². The predicted molar refractivity (Wildman–Crippen MR) is 65.5 cm³/mol. The Kier molecular flexibility index (Phi) is 3.14. The molecule has 0 heterocycles. The van der Waals surface area contributed by atoms with E-state index in [1.54, 1.807) is 6.07 Å². The van der Waals surface area contributed by atoms with Gasteiger partial charge in [-0.1, -0.05) is 31.5 Å². The second-order valence-corrected chi connectivity index (χ2v) is 5.79. The molecule has 0 unspecified atom stereocenters. The normalized spacial score (nSPS) is 26.2. The fourth-order valence-electron chi connectivity index (χ4n) is 2.80. The van der Waals surface area contributed by atoms with Gasteiger partial charge in [-0.3, -0.25) is 0 Å². The van der Waals surface area contributed by atoms with Gasteiger partial charge >= 0.3 is 6.18 Å². The first-order valence-corrected chi connectivity index (χ1v) is 6.14. The molecule has 5 heteroatoms. The van der Waals surface area contributed by atoms with E-state index in [0.29, 0.717) is 12.1 Å². The molecule has 0 spiro atoms. The van der Waals surface area contributed by atoms with Crippen molar-refractivity contribution in [2.75, 3.05) is 6.54 Å². The average molecular weight is 278 g/mol. The van der Waals surface area contributed by atoms with Crippen molar-refractivity contribution < 1.29 is 13.2 Å². The summed E-state index contributed by atoms with van der Waals surface area (Å²) in [7, 11) is 0. The summed E-state index contributed by atoms with van der Waals surface area (Å²) < 4.78 is 38.3. The van der Waals surface area contributed by atoms with Crippen LogP contribution < -0.4 is 5.73 Å². The number of halogens is 4. The second kappa shape index (κ2) is 4.14. The van der Waals surface area contributed by atoms with Gasteiger partial charge in [-0.2, -0.15) is 13.2 Å². The van der Waals surface area contributed by atoms with Crippen LogP contribution in [0.15, 0.2) is 18.2 Å². The van der Waals surface area contributed by atoms with E-state index in [2.05, 4.69) is 0 Å². The summed E-state index contributed by atoms with van der Waals surface area (Å²) in [6.45, 7) is 4.54. The van der Waals surface area contributed by atoms with E-state index in [4.69, 9.17) is 17.3 Å². The summed E-state index contributed by atoms with van der Waals surface area (Å²) in [5.74, 6) is 0.320. The maximum absolute atomic E-state index is 12.8. The molecule has 1 aliphatic rings. The van der Waals surface area contributed by atoms with Gasteiger partial charge in [0.05, 0.1) is 10.6 Å². The lowest BCUT2D eigenvalue weighted by molar-refractivity contribution is -0.137. The Labute approximate surface area is 109 Å². The number of alkyl halides is 3. The van der Waals surface area contributed by atoms with Crippen molar-refractivity contribution in [2.24, 2.45) is 17.1 Å². The summed E-state index contributed by atoms with van der Waals surface area (Å²) in [6.07, 6.45) is -4.41. The molecule has 1 aromatic carbocycles. The molecule has 1 fully saturated rings. The van der Waals surface area contributed by atoms with Crippen LogP contribution in [0.4, 0.5) is 13.2 Å². The van der Waals surface area contributed by atoms with Crippen molar-refractivity contribution in [3.63, 3.8) is 0 Å². The molecule has 0 bridgehead atoms. The smallest absolute Gasteiger partial charge is 0.330 e. The molecule has 1 saturated carbocycles. The summed E-state index contributed by atoms with van der Waals surface area (Å²) in [5, 5.41) is -0.256. The Balaban J connectivity index is 2.38. The lowest BCUT2D eigenvalue weighted by Gasteiger charge is -2.11. The van der Waals surface area contributed by atoms with Gasteiger partial charge in [-0.25, -0.2) is 0 Å². The maximum atomic E-state index is 12.8. The molecule has 2 rings (SSSR count). The highest BCUT2D eigenvalue weighted by atomic mass is 35.5. The summed E-state index contributed by atoms with van der Waals surface area (Å²) in [5.41, 5.74) is 5.52. The van der Waals surface area contributed by atoms with Crippen molar-refractivity contribution in [1.29, 1.82) is 0 Å². The highest BCUT2D eigenvalue weighted by Gasteiger charge is 2.57. The molecule has 0 aliphatic heterocycles. The molecule has 0 amide bonds. The Hall–Kier alpha value is -0.740. The third kappa shape index (κ3) is 2.12. The van der Waals surface area contributed by atoms with Crippen molar-refractivity contribution in [2.45, 2.75) is 25.9 Å². The zero-order valence-electron chi connectivity index (χ0n) is 10.2. The first-order valence-electron chi connectivity index (χ1n) is 5.76. The van der Waals surface area contributed by atoms with E-state index in [1.165, 1.54) is 6.07 Å². The monoisotopic (exact) mass is 277 g/mol. The highest BCUT2D eigenvalue weighted by Crippen LogP contribution is 2.64. The molecular formula is C13H15ClF3N. The maximum Gasteiger partial charge on any atom is 0.417 e. The van der Waals surface area contributed by atoms with Gasteiger partial charge in [0.25, 0.3) is 0 Å². The quantitative estimate of drug-likeness (QED) is 0.867. The molecule has 0 aromatic heterocycles. The van der Waals surface area contributed by atoms with Gasteiger partial charge < -0.3 is 5.73 Å². The van der Waals surface area contributed by atoms with E-state index >= 15 is 0 Å². The third-order valence-electron chi connectivity index (χ3n) is 3.96. The largest absolute Gasteiger partial charge is 0.417 e. The second-order valence-electron chi connectivity index (χ2n) is 5.38. The third-order valence-corrected chi connectivity index (χ3v) is 4.29. The van der Waals surface area contributed by atoms with Gasteiger partial charge in [-0.05, 0) is 41.5 Å². The minimum Gasteiger partial charge on any atom is -0.330 e. The Morgan fingerprint density at radius 1 is 1.33 bits per heavy atom. The van der Waals surface area contributed by atoms with Gasteiger partial charge in [0.2, 0.25) is 0 Å². The van der Waals surface area contributed by atoms with Crippen LogP contribution in [0.2, 0.25) is 5.02 Å². The minimum absolute atomic E-state index is 0.0363. The highest BCUT2D eigenvalue weighted by molar-refractivity contribution is 6.31. The van der Waals surface area contributed by atoms with Gasteiger partial charge in [0, 0.05) is 0 Å². The Morgan fingerprint density at radius 2 is 1.94 bits per heavy atom. The summed E-state index contributed by atoms with van der Waals surface area (Å²) in [4.78, 5) is 0. The first-order chi connectivity index (χ1) is 8.19. The van der Waals surface area contributed by atoms with E-state index in [0.717, 1.165) is 6.07 Å². The van der Waals surface area contributed by atoms with Crippen molar-refractivity contribution in [3.05, 3.63) is 34.3 Å². The van der Waals surface area contributed by atoms with Crippen LogP contribution in [0.25, 0.3) is 0 Å². The van der Waals surface area contributed by atoms with Crippen molar-refractivity contribution in [3.8, 4) is 0 Å². The zero-order valence-corrected chi connectivity index (χ0v) is 10.9. The van der Waals surface area contributed by atoms with Crippen LogP contribution in [-0.2, 0) is 6.18 Å². The Bertz CT molecular complexity index is 468. The Morgan fingerprint density at radius 3 is 2.39 bits per heavy atom.